The Morgan fingerprint density at radius 2 is 0.886 bits per heavy atom. The zero-order chi connectivity index (χ0) is 58.7. The number of aryl methyl sites for hydroxylation is 2. The number of carbonyl (C=O) groups is 6. The molecule has 0 heterocycles. The molecule has 79 heavy (non-hydrogen) atoms. The summed E-state index contributed by atoms with van der Waals surface area (Å²) in [5.74, 6) is -5.90. The summed E-state index contributed by atoms with van der Waals surface area (Å²) in [5, 5.41) is 44.3. The molecule has 0 unspecified atom stereocenters. The molecule has 4 aliphatic carbocycles. The van der Waals surface area contributed by atoms with E-state index in [1.807, 2.05) is 38.1 Å². The van der Waals surface area contributed by atoms with E-state index in [-0.39, 0.29) is 28.6 Å². The molecule has 0 aromatic heterocycles. The monoisotopic (exact) mass is 1130 g/mol. The van der Waals surface area contributed by atoms with Gasteiger partial charge < -0.3 is 45.9 Å². The molecule has 4 aliphatic rings. The predicted molar refractivity (Wildman–Crippen MR) is 283 cm³/mol. The highest BCUT2D eigenvalue weighted by atomic mass is 19.4. The highest BCUT2D eigenvalue weighted by Gasteiger charge is 2.56. The van der Waals surface area contributed by atoms with Crippen LogP contribution in [0.2, 0.25) is 0 Å². The van der Waals surface area contributed by atoms with Crippen LogP contribution in [0.25, 0.3) is 0 Å². The smallest absolute Gasteiger partial charge is 0.481 e. The Labute approximate surface area is 459 Å². The van der Waals surface area contributed by atoms with Gasteiger partial charge in [0.15, 0.2) is 0 Å². The number of hydrogen-bond donors (Lipinski definition) is 7. The van der Waals surface area contributed by atoms with Crippen molar-refractivity contribution >= 4 is 35.9 Å². The van der Waals surface area contributed by atoms with Gasteiger partial charge in [-0.2, -0.15) is 26.3 Å². The first-order valence-corrected chi connectivity index (χ1v) is 28.0. The Morgan fingerprint density at radius 1 is 0.519 bits per heavy atom. The molecule has 6 rings (SSSR count). The summed E-state index contributed by atoms with van der Waals surface area (Å²) in [6.07, 6.45) is 12.4. The van der Waals surface area contributed by atoms with E-state index in [2.05, 4.69) is 41.9 Å². The number of nitrogens with one attached hydrogen (secondary N) is 3. The average molecular weight is 1130 g/mol. The Bertz CT molecular complexity index is 2210. The van der Waals surface area contributed by atoms with Crippen LogP contribution in [0.4, 0.5) is 31.1 Å². The lowest BCUT2D eigenvalue weighted by Crippen LogP contribution is -2.52. The van der Waals surface area contributed by atoms with Crippen LogP contribution in [0, 0.1) is 22.7 Å². The van der Waals surface area contributed by atoms with E-state index in [1.54, 1.807) is 0 Å². The average Bonchev–Trinajstić information content (AvgIpc) is 3.48. The Morgan fingerprint density at radius 3 is 1.28 bits per heavy atom. The molecule has 2 aromatic rings. The van der Waals surface area contributed by atoms with Crippen LogP contribution >= 0.6 is 0 Å². The number of ether oxygens (including phenoxy) is 2. The van der Waals surface area contributed by atoms with E-state index in [4.69, 9.17) is 29.3 Å². The van der Waals surface area contributed by atoms with Gasteiger partial charge in [0.25, 0.3) is 0 Å². The van der Waals surface area contributed by atoms with Gasteiger partial charge in [0.05, 0.1) is 10.8 Å². The second-order valence-electron chi connectivity index (χ2n) is 22.7. The third-order valence-electron chi connectivity index (χ3n) is 17.1. The first kappa shape index (κ1) is 66.1. The van der Waals surface area contributed by atoms with Crippen LogP contribution in [0.3, 0.4) is 0 Å². The Hall–Kier alpha value is -5.44. The standard InChI is InChI=1S/C54H81N3O8.2C2HF3O2/c1-51-28-16-30-53(3,48(59)60)45(51)26-22-39-20-24-41(37-43(39)51)64-47(58)19-15-34-55-32-13-11-9-7-5-6-8-10-12-14-33-56-35-18-36-57-50(63)65-42-25-21-40-23-27-46-52(2,44(40)38-42)29-17-31-54(46,4)49(61)62;2*3-2(4,5)1(6)7/h20-21,24-25,37-38,45-46,55-56H,5-19,22-23,26-36H2,1-4H3,(H,57,63)(H,59,60)(H,61,62);2*(H,6,7)/t45-,46-,51-,52-,53+,54+;;/m1../s1. The number of hydrogen-bond acceptors (Lipinski definition) is 10. The maximum absolute atomic E-state index is 12.7. The number of rotatable bonds is 25. The lowest BCUT2D eigenvalue weighted by molar-refractivity contribution is -0.193. The first-order chi connectivity index (χ1) is 37.1. The van der Waals surface area contributed by atoms with Gasteiger partial charge in [-0.25, -0.2) is 14.4 Å². The summed E-state index contributed by atoms with van der Waals surface area (Å²) < 4.78 is 74.9. The molecule has 15 nitrogen and oxygen atoms in total. The van der Waals surface area contributed by atoms with Crippen molar-refractivity contribution in [2.75, 3.05) is 32.7 Å². The number of amides is 1. The fourth-order valence-corrected chi connectivity index (χ4v) is 12.8. The van der Waals surface area contributed by atoms with Gasteiger partial charge >= 0.3 is 48.3 Å². The van der Waals surface area contributed by atoms with Crippen molar-refractivity contribution < 1.29 is 85.0 Å². The zero-order valence-electron chi connectivity index (χ0n) is 46.2. The maximum Gasteiger partial charge on any atom is 0.490 e. The minimum absolute atomic E-state index is 0.0613. The third-order valence-corrected chi connectivity index (χ3v) is 17.1. The summed E-state index contributed by atoms with van der Waals surface area (Å²) >= 11 is 0. The van der Waals surface area contributed by atoms with E-state index in [0.717, 1.165) is 109 Å². The first-order valence-electron chi connectivity index (χ1n) is 28.0. The maximum atomic E-state index is 12.7. The van der Waals surface area contributed by atoms with Crippen LogP contribution in [0.1, 0.15) is 185 Å². The molecule has 0 spiro atoms. The summed E-state index contributed by atoms with van der Waals surface area (Å²) in [6, 6.07) is 11.9. The van der Waals surface area contributed by atoms with Crippen LogP contribution in [-0.4, -0.2) is 101 Å². The summed E-state index contributed by atoms with van der Waals surface area (Å²) in [6.45, 7) is 12.4. The normalized spacial score (nSPS) is 24.0. The van der Waals surface area contributed by atoms with Gasteiger partial charge in [0.1, 0.15) is 11.5 Å². The highest BCUT2D eigenvalue weighted by molar-refractivity contribution is 5.77. The quantitative estimate of drug-likeness (QED) is 0.0212. The van der Waals surface area contributed by atoms with E-state index >= 15 is 0 Å². The number of unbranched alkanes of at least 4 members (excludes halogenated alkanes) is 9. The van der Waals surface area contributed by atoms with Crippen LogP contribution in [-0.2, 0) is 47.6 Å². The van der Waals surface area contributed by atoms with Crippen molar-refractivity contribution in [1.82, 2.24) is 16.0 Å². The van der Waals surface area contributed by atoms with Crippen molar-refractivity contribution in [2.24, 2.45) is 22.7 Å². The summed E-state index contributed by atoms with van der Waals surface area (Å²) in [5.41, 5.74) is 2.89. The SMILES string of the molecule is C[C@]1(C(=O)O)CCC[C@]2(C)c3cc(OC(=O)CCCNCCCCCCCCCCCCNCCCNC(=O)Oc4ccc5c(c4)[C@@]4(C)CCC[C@](C)(C(=O)O)[C@@H]4CC5)ccc3CC[C@@H]12.O=C(O)C(F)(F)F.O=C(O)C(F)(F)F. The second kappa shape index (κ2) is 29.9. The van der Waals surface area contributed by atoms with Crippen molar-refractivity contribution in [3.05, 3.63) is 58.7 Å². The number of alkyl halides is 6. The number of carbonyl (C=O) groups excluding carboxylic acids is 2. The highest BCUT2D eigenvalue weighted by Crippen LogP contribution is 2.59. The van der Waals surface area contributed by atoms with E-state index < -0.39 is 53.2 Å². The van der Waals surface area contributed by atoms with Gasteiger partial charge in [-0.3, -0.25) is 14.4 Å². The number of halogens is 6. The molecule has 6 atom stereocenters. The van der Waals surface area contributed by atoms with E-state index in [9.17, 15) is 55.7 Å². The van der Waals surface area contributed by atoms with Crippen LogP contribution in [0.15, 0.2) is 36.4 Å². The van der Waals surface area contributed by atoms with Crippen molar-refractivity contribution in [3.63, 3.8) is 0 Å². The fourth-order valence-electron chi connectivity index (χ4n) is 12.8. The molecule has 1 amide bonds. The molecule has 7 N–H and O–H groups in total. The molecule has 0 radical (unpaired) electrons. The number of aliphatic carboxylic acids is 4. The van der Waals surface area contributed by atoms with Gasteiger partial charge in [-0.15, -0.1) is 0 Å². The minimum atomic E-state index is -5.08. The number of carboxylic acid groups (broad SMARTS) is 4. The molecule has 2 aromatic carbocycles. The molecule has 21 heteroatoms. The molecule has 0 saturated heterocycles. The van der Waals surface area contributed by atoms with Crippen LogP contribution in [0.5, 0.6) is 11.5 Å². The van der Waals surface area contributed by atoms with E-state index in [0.29, 0.717) is 30.9 Å². The van der Waals surface area contributed by atoms with E-state index in [1.165, 1.54) is 74.5 Å². The van der Waals surface area contributed by atoms with Crippen molar-refractivity contribution in [3.8, 4) is 11.5 Å². The topological polar surface area (TPSA) is 238 Å². The molecule has 2 fully saturated rings. The van der Waals surface area contributed by atoms with Crippen molar-refractivity contribution in [2.45, 2.75) is 199 Å². The largest absolute Gasteiger partial charge is 0.490 e. The van der Waals surface area contributed by atoms with Gasteiger partial charge in [0.2, 0.25) is 0 Å². The molecule has 0 aliphatic heterocycles. The lowest BCUT2D eigenvalue weighted by Gasteiger charge is -2.53. The molecule has 444 valence electrons. The number of carboxylic acids is 4. The third kappa shape index (κ3) is 18.8. The number of esters is 1. The van der Waals surface area contributed by atoms with Gasteiger partial charge in [-0.1, -0.05) is 90.2 Å². The fraction of sp³-hybridized carbons (Fsp3) is 0.690. The van der Waals surface area contributed by atoms with Crippen molar-refractivity contribution in [1.29, 1.82) is 0 Å². The molecular formula is C58H83F6N3O12. The number of benzene rings is 2. The van der Waals surface area contributed by atoms with Gasteiger partial charge in [-0.05, 0) is 186 Å². The van der Waals surface area contributed by atoms with Gasteiger partial charge in [0, 0.05) is 13.0 Å². The Kier molecular flexibility index (Phi) is 25.0. The number of fused-ring (bicyclic) bond motifs is 6. The summed E-state index contributed by atoms with van der Waals surface area (Å²) in [4.78, 5) is 67.7. The zero-order valence-corrected chi connectivity index (χ0v) is 46.2. The minimum Gasteiger partial charge on any atom is -0.481 e. The summed E-state index contributed by atoms with van der Waals surface area (Å²) in [7, 11) is 0. The van der Waals surface area contributed by atoms with Crippen LogP contribution < -0.4 is 25.4 Å². The lowest BCUT2D eigenvalue weighted by atomic mass is 9.50. The Balaban J connectivity index is 0.000000847. The predicted octanol–water partition coefficient (Wildman–Crippen LogP) is 12.1. The molecule has 2 saturated carbocycles. The second-order valence-corrected chi connectivity index (χ2v) is 22.7. The molecular weight excluding hydrogens is 1040 g/mol. The molecule has 0 bridgehead atoms.